The van der Waals surface area contributed by atoms with Gasteiger partial charge in [0.25, 0.3) is 0 Å². The van der Waals surface area contributed by atoms with E-state index >= 15 is 0 Å². The number of fused-ring (bicyclic) bond motifs is 1. The number of carbonyl (C=O) groups excluding carboxylic acids is 2. The molecule has 0 aliphatic heterocycles. The van der Waals surface area contributed by atoms with Crippen molar-refractivity contribution in [2.75, 3.05) is 7.05 Å². The van der Waals surface area contributed by atoms with Gasteiger partial charge in [-0.15, -0.1) is 0 Å². The highest BCUT2D eigenvalue weighted by Crippen LogP contribution is 2.45. The molecular weight excluding hydrogens is 406 g/mol. The fourth-order valence-electron chi connectivity index (χ4n) is 4.88. The highest BCUT2D eigenvalue weighted by atomic mass is 16.5. The Kier molecular flexibility index (Phi) is 9.53. The normalized spacial score (nSPS) is 29.5. The number of allylic oxidation sites excluding steroid dienone is 3. The molecular formula is C26H43NO5. The van der Waals surface area contributed by atoms with Crippen molar-refractivity contribution in [3.05, 3.63) is 23.8 Å². The van der Waals surface area contributed by atoms with Crippen molar-refractivity contribution < 1.29 is 24.5 Å². The molecule has 0 fully saturated rings. The molecule has 5 unspecified atom stereocenters. The van der Waals surface area contributed by atoms with Gasteiger partial charge < -0.3 is 20.3 Å². The first-order valence-corrected chi connectivity index (χ1v) is 12.2. The number of esters is 1. The van der Waals surface area contributed by atoms with Crippen molar-refractivity contribution in [2.45, 2.75) is 91.5 Å². The van der Waals surface area contributed by atoms with Gasteiger partial charge in [0.15, 0.2) is 0 Å². The monoisotopic (exact) mass is 449 g/mol. The van der Waals surface area contributed by atoms with E-state index in [1.807, 2.05) is 20.8 Å². The van der Waals surface area contributed by atoms with Crippen LogP contribution >= 0.6 is 0 Å². The average molecular weight is 450 g/mol. The summed E-state index contributed by atoms with van der Waals surface area (Å²) >= 11 is 0. The summed E-state index contributed by atoms with van der Waals surface area (Å²) in [6, 6.07) is 0. The number of hydrogen-bond donors (Lipinski definition) is 3. The van der Waals surface area contributed by atoms with E-state index in [0.29, 0.717) is 18.3 Å². The lowest BCUT2D eigenvalue weighted by molar-refractivity contribution is -0.164. The molecule has 0 aromatic heterocycles. The molecule has 32 heavy (non-hydrogen) atoms. The molecule has 1 amide bonds. The molecule has 2 aliphatic carbocycles. The maximum Gasteiger partial charge on any atom is 0.311 e. The third-order valence-corrected chi connectivity index (χ3v) is 7.37. The zero-order valence-corrected chi connectivity index (χ0v) is 20.6. The zero-order chi connectivity index (χ0) is 24.1. The molecule has 0 saturated carbocycles. The van der Waals surface area contributed by atoms with Crippen molar-refractivity contribution in [3.63, 3.8) is 0 Å². The van der Waals surface area contributed by atoms with E-state index in [4.69, 9.17) is 4.74 Å². The number of hydrogen-bond acceptors (Lipinski definition) is 5. The Morgan fingerprint density at radius 1 is 1.25 bits per heavy atom. The van der Waals surface area contributed by atoms with Crippen molar-refractivity contribution in [2.24, 2.45) is 29.1 Å². The van der Waals surface area contributed by atoms with E-state index in [1.54, 1.807) is 0 Å². The lowest BCUT2D eigenvalue weighted by atomic mass is 9.65. The molecule has 0 saturated heterocycles. The van der Waals surface area contributed by atoms with E-state index in [1.165, 1.54) is 12.6 Å². The van der Waals surface area contributed by atoms with Crippen molar-refractivity contribution in [3.8, 4) is 0 Å². The second kappa shape index (κ2) is 11.5. The van der Waals surface area contributed by atoms with Gasteiger partial charge in [0.05, 0.1) is 24.0 Å². The fraction of sp³-hybridized carbons (Fsp3) is 0.769. The van der Waals surface area contributed by atoms with Crippen LogP contribution in [0.1, 0.15) is 73.1 Å². The molecule has 0 aromatic carbocycles. The molecule has 0 radical (unpaired) electrons. The standard InChI is InChI=1S/C26H43NO5/c1-7-26(4,5)25(31)32-22-13-16(2)12-18-9-8-17(3)21(24(18)22)11-10-19(28)14-20(29)15-23(30)27-6/h8-9,12,16-17,19-22,24,28-29H,7,10-11,13-15H2,1-6H3,(H,27,30)/t16-,17?,19?,20?,21-,22?,24?/m0/s1. The van der Waals surface area contributed by atoms with E-state index in [9.17, 15) is 19.8 Å². The maximum atomic E-state index is 12.9. The van der Waals surface area contributed by atoms with Gasteiger partial charge in [-0.3, -0.25) is 9.59 Å². The lowest BCUT2D eigenvalue weighted by Crippen LogP contribution is -2.43. The molecule has 7 atom stereocenters. The van der Waals surface area contributed by atoms with Crippen LogP contribution in [0.4, 0.5) is 0 Å². The summed E-state index contributed by atoms with van der Waals surface area (Å²) in [5, 5.41) is 23.1. The predicted octanol–water partition coefficient (Wildman–Crippen LogP) is 3.77. The maximum absolute atomic E-state index is 12.9. The van der Waals surface area contributed by atoms with Crippen LogP contribution in [0.5, 0.6) is 0 Å². The first-order valence-electron chi connectivity index (χ1n) is 12.2. The average Bonchev–Trinajstić information content (AvgIpc) is 2.72. The van der Waals surface area contributed by atoms with E-state index in [2.05, 4.69) is 37.4 Å². The summed E-state index contributed by atoms with van der Waals surface area (Å²) in [7, 11) is 1.53. The van der Waals surface area contributed by atoms with Crippen molar-refractivity contribution >= 4 is 11.9 Å². The predicted molar refractivity (Wildman–Crippen MR) is 126 cm³/mol. The number of aliphatic hydroxyl groups excluding tert-OH is 2. The number of ether oxygens (including phenoxy) is 1. The summed E-state index contributed by atoms with van der Waals surface area (Å²) in [4.78, 5) is 24.3. The van der Waals surface area contributed by atoms with E-state index in [-0.39, 0.29) is 42.7 Å². The number of carbonyl (C=O) groups is 2. The van der Waals surface area contributed by atoms with Gasteiger partial charge in [-0.1, -0.05) is 39.0 Å². The van der Waals surface area contributed by atoms with Gasteiger partial charge in [0.1, 0.15) is 6.10 Å². The number of amides is 1. The molecule has 6 nitrogen and oxygen atoms in total. The summed E-state index contributed by atoms with van der Waals surface area (Å²) in [6.45, 7) is 10.2. The summed E-state index contributed by atoms with van der Waals surface area (Å²) in [6.07, 6.45) is 7.99. The molecule has 3 N–H and O–H groups in total. The van der Waals surface area contributed by atoms with Crippen LogP contribution < -0.4 is 5.32 Å². The Bertz CT molecular complexity index is 713. The van der Waals surface area contributed by atoms with Gasteiger partial charge in [0.2, 0.25) is 5.91 Å². The first kappa shape index (κ1) is 26.6. The quantitative estimate of drug-likeness (QED) is 0.441. The third-order valence-electron chi connectivity index (χ3n) is 7.37. The van der Waals surface area contributed by atoms with Crippen molar-refractivity contribution in [1.29, 1.82) is 0 Å². The van der Waals surface area contributed by atoms with Crippen molar-refractivity contribution in [1.82, 2.24) is 5.32 Å². The zero-order valence-electron chi connectivity index (χ0n) is 20.6. The van der Waals surface area contributed by atoms with Gasteiger partial charge in [0, 0.05) is 13.0 Å². The molecule has 0 heterocycles. The SMILES string of the molecule is CCC(C)(C)C(=O)OC1C[C@@H](C)C=C2C=CC(C)[C@H](CCC(O)CC(O)CC(=O)NC)C21. The molecule has 0 aromatic rings. The highest BCUT2D eigenvalue weighted by Gasteiger charge is 2.42. The minimum absolute atomic E-state index is 0.00519. The van der Waals surface area contributed by atoms with E-state index < -0.39 is 17.6 Å². The highest BCUT2D eigenvalue weighted by molar-refractivity contribution is 5.76. The first-order chi connectivity index (χ1) is 15.0. The minimum atomic E-state index is -0.857. The van der Waals surface area contributed by atoms with Crippen LogP contribution in [0.25, 0.3) is 0 Å². The number of aliphatic hydroxyl groups is 2. The molecule has 0 bridgehead atoms. The molecule has 2 aliphatic rings. The molecule has 182 valence electrons. The van der Waals surface area contributed by atoms with Gasteiger partial charge >= 0.3 is 5.97 Å². The molecule has 0 spiro atoms. The fourth-order valence-corrected chi connectivity index (χ4v) is 4.88. The number of rotatable bonds is 10. The summed E-state index contributed by atoms with van der Waals surface area (Å²) < 4.78 is 6.13. The van der Waals surface area contributed by atoms with E-state index in [0.717, 1.165) is 19.3 Å². The lowest BCUT2D eigenvalue weighted by Gasteiger charge is -2.44. The Morgan fingerprint density at radius 3 is 2.56 bits per heavy atom. The Hall–Kier alpha value is -1.66. The minimum Gasteiger partial charge on any atom is -0.461 e. The molecule has 6 heteroatoms. The smallest absolute Gasteiger partial charge is 0.311 e. The second-order valence-corrected chi connectivity index (χ2v) is 10.5. The van der Waals surface area contributed by atoms with Crippen LogP contribution in [0, 0.1) is 29.1 Å². The Labute approximate surface area is 193 Å². The Balaban J connectivity index is 2.10. The Morgan fingerprint density at radius 2 is 1.94 bits per heavy atom. The van der Waals surface area contributed by atoms with Crippen LogP contribution in [-0.2, 0) is 14.3 Å². The van der Waals surface area contributed by atoms with Crippen LogP contribution in [0.2, 0.25) is 0 Å². The topological polar surface area (TPSA) is 95.9 Å². The summed E-state index contributed by atoms with van der Waals surface area (Å²) in [5.74, 6) is 0.623. The third kappa shape index (κ3) is 6.92. The second-order valence-electron chi connectivity index (χ2n) is 10.5. The van der Waals surface area contributed by atoms with Gasteiger partial charge in [-0.25, -0.2) is 0 Å². The van der Waals surface area contributed by atoms with Gasteiger partial charge in [-0.05, 0) is 69.3 Å². The van der Waals surface area contributed by atoms with Gasteiger partial charge in [-0.2, -0.15) is 0 Å². The largest absolute Gasteiger partial charge is 0.461 e. The molecule has 2 rings (SSSR count). The van der Waals surface area contributed by atoms with Crippen LogP contribution in [0.15, 0.2) is 23.8 Å². The van der Waals surface area contributed by atoms with Crippen LogP contribution in [0.3, 0.4) is 0 Å². The number of nitrogens with one attached hydrogen (secondary N) is 1. The summed E-state index contributed by atoms with van der Waals surface area (Å²) in [5.41, 5.74) is 0.723. The van der Waals surface area contributed by atoms with Crippen LogP contribution in [-0.4, -0.2) is 47.4 Å².